The molecule has 1 saturated heterocycles. The largest absolute Gasteiger partial charge is 0.478 e. The normalized spacial score (nSPS) is 12.9. The van der Waals surface area contributed by atoms with Gasteiger partial charge >= 0.3 is 17.9 Å². The van der Waals surface area contributed by atoms with E-state index < -0.39 is 55.2 Å². The molecule has 2 heterocycles. The fourth-order valence-corrected chi connectivity index (χ4v) is 4.64. The summed E-state index contributed by atoms with van der Waals surface area (Å²) in [5.74, 6) is -4.85. The number of anilines is 1. The van der Waals surface area contributed by atoms with E-state index >= 15 is 0 Å². The Bertz CT molecular complexity index is 1880. The number of nitrogen functional groups attached to an aromatic ring is 1. The third-order valence-corrected chi connectivity index (χ3v) is 6.73. The Labute approximate surface area is 247 Å². The highest BCUT2D eigenvalue weighted by Crippen LogP contribution is 2.41. The second-order valence-electron chi connectivity index (χ2n) is 9.72. The number of imide groups is 1. The average Bonchev–Trinajstić information content (AvgIpc) is 3.30. The van der Waals surface area contributed by atoms with E-state index in [1.807, 2.05) is 0 Å². The van der Waals surface area contributed by atoms with Crippen LogP contribution in [0.1, 0.15) is 46.4 Å². The highest BCUT2D eigenvalue weighted by molar-refractivity contribution is 6.09. The number of esters is 1. The third-order valence-electron chi connectivity index (χ3n) is 6.73. The molecule has 44 heavy (non-hydrogen) atoms. The molecule has 0 atom stereocenters. The molecular weight excluding hydrogens is 576 g/mol. The monoisotopic (exact) mass is 600 g/mol. The van der Waals surface area contributed by atoms with Crippen molar-refractivity contribution in [1.29, 1.82) is 5.41 Å². The van der Waals surface area contributed by atoms with Crippen LogP contribution < -0.4 is 16.4 Å². The molecule has 0 bridgehead atoms. The molecule has 0 radical (unpaired) electrons. The van der Waals surface area contributed by atoms with Crippen molar-refractivity contribution >= 4 is 52.3 Å². The Morgan fingerprint density at radius 2 is 1.64 bits per heavy atom. The van der Waals surface area contributed by atoms with Gasteiger partial charge in [0.15, 0.2) is 6.73 Å². The molecule has 224 valence electrons. The van der Waals surface area contributed by atoms with Crippen LogP contribution in [-0.2, 0) is 28.8 Å². The predicted molar refractivity (Wildman–Crippen MR) is 150 cm³/mol. The van der Waals surface area contributed by atoms with Gasteiger partial charge in [0, 0.05) is 52.7 Å². The number of fused-ring (bicyclic) bond motifs is 2. The van der Waals surface area contributed by atoms with Crippen molar-refractivity contribution in [2.75, 3.05) is 12.5 Å². The Morgan fingerprint density at radius 3 is 2.36 bits per heavy atom. The number of carbonyl (C=O) groups is 6. The van der Waals surface area contributed by atoms with Crippen LogP contribution in [0.4, 0.5) is 5.69 Å². The van der Waals surface area contributed by atoms with Gasteiger partial charge in [0.05, 0.1) is 23.8 Å². The van der Waals surface area contributed by atoms with Crippen molar-refractivity contribution in [3.05, 3.63) is 71.1 Å². The minimum absolute atomic E-state index is 0.0300. The lowest BCUT2D eigenvalue weighted by molar-refractivity contribution is -0.197. The molecule has 5 N–H and O–H groups in total. The van der Waals surface area contributed by atoms with Crippen LogP contribution in [0.25, 0.3) is 33.4 Å². The highest BCUT2D eigenvalue weighted by Gasteiger charge is 2.33. The highest BCUT2D eigenvalue weighted by atomic mass is 16.7. The van der Waals surface area contributed by atoms with Crippen LogP contribution in [0, 0.1) is 5.41 Å². The standard InChI is InChI=1S/C30H24N4O10/c31-16-2-5-19-22(12-16)43-23-13-17(32)3-6-20(23)28(19)18-4-1-15(11-21(18)30(40)41)29(39)33-14-42-26(37)9-10-27(38)44-34-24(35)7-8-25(34)36/h1-6,11-13,31H,7-10,14,32H2,(H,33,39)(H,40,41). The number of benzene rings is 3. The summed E-state index contributed by atoms with van der Waals surface area (Å²) in [5.41, 5.74) is 7.87. The van der Waals surface area contributed by atoms with E-state index in [0.29, 0.717) is 38.6 Å². The van der Waals surface area contributed by atoms with Crippen LogP contribution in [0.15, 0.2) is 59.0 Å². The number of carboxylic acids is 1. The maximum absolute atomic E-state index is 12.8. The topological polar surface area (TPSA) is 219 Å². The SMILES string of the molecule is N=c1ccc2c(-c3ccc(C(=O)NCOC(=O)CCC(=O)ON4C(=O)CCC4=O)cc3C(=O)O)c3ccc(N)cc3oc-2c1. The number of hydroxylamine groups is 2. The summed E-state index contributed by atoms with van der Waals surface area (Å²) < 4.78 is 10.9. The van der Waals surface area contributed by atoms with Gasteiger partial charge in [0.2, 0.25) is 0 Å². The third kappa shape index (κ3) is 6.09. The lowest BCUT2D eigenvalue weighted by Gasteiger charge is -2.17. The van der Waals surface area contributed by atoms with Crippen molar-refractivity contribution in [2.24, 2.45) is 0 Å². The number of hydrogen-bond donors (Lipinski definition) is 4. The van der Waals surface area contributed by atoms with Gasteiger partial charge in [-0.05, 0) is 42.0 Å². The van der Waals surface area contributed by atoms with Gasteiger partial charge in [-0.3, -0.25) is 19.2 Å². The summed E-state index contributed by atoms with van der Waals surface area (Å²) in [5, 5.41) is 21.5. The molecule has 0 unspecified atom stereocenters. The Kier molecular flexibility index (Phi) is 8.06. The van der Waals surface area contributed by atoms with E-state index in [4.69, 9.17) is 20.3 Å². The lowest BCUT2D eigenvalue weighted by atomic mass is 9.89. The smallest absolute Gasteiger partial charge is 0.336 e. The second kappa shape index (κ2) is 12.1. The molecule has 14 nitrogen and oxygen atoms in total. The molecule has 0 spiro atoms. The van der Waals surface area contributed by atoms with Gasteiger partial charge in [0.1, 0.15) is 11.3 Å². The van der Waals surface area contributed by atoms with E-state index in [-0.39, 0.29) is 34.9 Å². The summed E-state index contributed by atoms with van der Waals surface area (Å²) in [4.78, 5) is 76.7. The first kappa shape index (κ1) is 29.4. The van der Waals surface area contributed by atoms with Crippen molar-refractivity contribution in [3.8, 4) is 22.5 Å². The van der Waals surface area contributed by atoms with E-state index in [9.17, 15) is 33.9 Å². The number of rotatable bonds is 9. The molecule has 3 aliphatic rings. The van der Waals surface area contributed by atoms with Crippen LogP contribution in [0.3, 0.4) is 0 Å². The zero-order valence-electron chi connectivity index (χ0n) is 22.9. The molecule has 2 aliphatic heterocycles. The summed E-state index contributed by atoms with van der Waals surface area (Å²) >= 11 is 0. The second-order valence-corrected chi connectivity index (χ2v) is 9.72. The summed E-state index contributed by atoms with van der Waals surface area (Å²) in [6.45, 7) is -0.577. The summed E-state index contributed by atoms with van der Waals surface area (Å²) in [7, 11) is 0. The molecule has 14 heteroatoms. The Morgan fingerprint density at radius 1 is 0.932 bits per heavy atom. The first-order chi connectivity index (χ1) is 21.0. The van der Waals surface area contributed by atoms with Gasteiger partial charge < -0.3 is 35.6 Å². The number of carbonyl (C=O) groups excluding carboxylic acids is 5. The number of aromatic carboxylic acids is 1. The molecule has 5 rings (SSSR count). The maximum Gasteiger partial charge on any atom is 0.336 e. The molecule has 3 amide bonds. The van der Waals surface area contributed by atoms with E-state index in [0.717, 1.165) is 0 Å². The molecule has 1 aliphatic carbocycles. The van der Waals surface area contributed by atoms with Gasteiger partial charge in [0.25, 0.3) is 17.7 Å². The molecule has 1 fully saturated rings. The van der Waals surface area contributed by atoms with Gasteiger partial charge in [-0.15, -0.1) is 5.06 Å². The molecular formula is C30H24N4O10. The number of amides is 3. The Balaban J connectivity index is 1.29. The quantitative estimate of drug-likeness (QED) is 0.0719. The minimum Gasteiger partial charge on any atom is -0.478 e. The van der Waals surface area contributed by atoms with E-state index in [1.165, 1.54) is 24.3 Å². The molecule has 0 aromatic heterocycles. The number of nitrogens with two attached hydrogens (primary N) is 1. The number of hydrogen-bond acceptors (Lipinski definition) is 11. The lowest BCUT2D eigenvalue weighted by Crippen LogP contribution is -2.32. The van der Waals surface area contributed by atoms with Gasteiger partial charge in [-0.1, -0.05) is 6.07 Å². The van der Waals surface area contributed by atoms with Crippen LogP contribution in [0.2, 0.25) is 0 Å². The summed E-state index contributed by atoms with van der Waals surface area (Å²) in [6.07, 6.45) is -1.05. The van der Waals surface area contributed by atoms with Crippen LogP contribution >= 0.6 is 0 Å². The maximum atomic E-state index is 12.8. The number of nitrogens with zero attached hydrogens (tertiary/aromatic N) is 1. The van der Waals surface area contributed by atoms with Crippen molar-refractivity contribution in [2.45, 2.75) is 25.7 Å². The van der Waals surface area contributed by atoms with E-state index in [2.05, 4.69) is 10.2 Å². The average molecular weight is 601 g/mol. The molecule has 0 saturated carbocycles. The number of ether oxygens (including phenoxy) is 1. The molecule has 2 aromatic rings. The fourth-order valence-electron chi connectivity index (χ4n) is 4.64. The predicted octanol–water partition coefficient (Wildman–Crippen LogP) is 2.58. The Hall–Kier alpha value is -6.05. The number of nitrogens with one attached hydrogen (secondary N) is 2. The first-order valence-corrected chi connectivity index (χ1v) is 13.2. The zero-order valence-corrected chi connectivity index (χ0v) is 22.9. The van der Waals surface area contributed by atoms with Crippen molar-refractivity contribution in [3.63, 3.8) is 0 Å². The van der Waals surface area contributed by atoms with E-state index in [1.54, 1.807) is 30.3 Å². The van der Waals surface area contributed by atoms with Crippen LogP contribution in [-0.4, -0.2) is 52.5 Å². The first-order valence-electron chi connectivity index (χ1n) is 13.2. The van der Waals surface area contributed by atoms with Gasteiger partial charge in [-0.2, -0.15) is 0 Å². The minimum atomic E-state index is -1.31. The fraction of sp³-hybridized carbons (Fsp3) is 0.167. The van der Waals surface area contributed by atoms with Crippen LogP contribution in [0.5, 0.6) is 0 Å². The van der Waals surface area contributed by atoms with Crippen molar-refractivity contribution in [1.82, 2.24) is 10.4 Å². The molecule has 2 aromatic carbocycles. The number of carboxylic acid groups (broad SMARTS) is 1. The zero-order chi connectivity index (χ0) is 31.5. The van der Waals surface area contributed by atoms with Gasteiger partial charge in [-0.25, -0.2) is 9.59 Å². The summed E-state index contributed by atoms with van der Waals surface area (Å²) in [6, 6.07) is 13.7. The van der Waals surface area contributed by atoms with Crippen molar-refractivity contribution < 1.29 is 47.9 Å².